The summed E-state index contributed by atoms with van der Waals surface area (Å²) < 4.78 is 0. The summed E-state index contributed by atoms with van der Waals surface area (Å²) in [6.07, 6.45) is 2.58. The summed E-state index contributed by atoms with van der Waals surface area (Å²) >= 11 is 2.15. The zero-order valence-electron chi connectivity index (χ0n) is 11.7. The molecule has 0 radical (unpaired) electrons. The first-order valence-corrected chi connectivity index (χ1v) is 8.46. The molecule has 0 heterocycles. The van der Waals surface area contributed by atoms with Crippen molar-refractivity contribution in [3.8, 4) is 0 Å². The van der Waals surface area contributed by atoms with E-state index in [9.17, 15) is 0 Å². The number of hydrogen-bond donors (Lipinski definition) is 0. The molecule has 94 valence electrons. The molecule has 0 fully saturated rings. The van der Waals surface area contributed by atoms with E-state index in [2.05, 4.69) is 53.8 Å². The second-order valence-electron chi connectivity index (χ2n) is 3.28. The van der Waals surface area contributed by atoms with Crippen LogP contribution in [0.4, 0.5) is 0 Å². The Labute approximate surface area is 116 Å². The van der Waals surface area contributed by atoms with Gasteiger partial charge in [0.2, 0.25) is 0 Å². The van der Waals surface area contributed by atoms with Crippen molar-refractivity contribution in [3.05, 3.63) is 35.4 Å². The van der Waals surface area contributed by atoms with Gasteiger partial charge in [0.15, 0.2) is 0 Å². The zero-order chi connectivity index (χ0) is 13.0. The quantitative estimate of drug-likeness (QED) is 0.433. The van der Waals surface area contributed by atoms with Gasteiger partial charge in [-0.25, -0.2) is 0 Å². The van der Waals surface area contributed by atoms with Gasteiger partial charge < -0.3 is 0 Å². The van der Waals surface area contributed by atoms with E-state index < -0.39 is 0 Å². The lowest BCUT2D eigenvalue weighted by atomic mass is 10.1. The van der Waals surface area contributed by atoms with Gasteiger partial charge in [-0.1, -0.05) is 81.5 Å². The Kier molecular flexibility index (Phi) is 14.9. The molecule has 1 aliphatic carbocycles. The maximum Gasteiger partial charge on any atom is -0.0121 e. The van der Waals surface area contributed by atoms with Gasteiger partial charge in [0.05, 0.1) is 0 Å². The summed E-state index contributed by atoms with van der Waals surface area (Å²) in [5, 5.41) is 0. The predicted octanol–water partition coefficient (Wildman–Crippen LogP) is 5.52. The largest absolute Gasteiger partial charge is 0.0901 e. The fourth-order valence-corrected chi connectivity index (χ4v) is 1.78. The van der Waals surface area contributed by atoms with E-state index in [1.807, 2.05) is 32.6 Å². The Morgan fingerprint density at radius 1 is 0.875 bits per heavy atom. The van der Waals surface area contributed by atoms with Crippen LogP contribution in [0.15, 0.2) is 24.3 Å². The van der Waals surface area contributed by atoms with Gasteiger partial charge in [-0.15, -0.1) is 0 Å². The van der Waals surface area contributed by atoms with Crippen molar-refractivity contribution in [3.63, 3.8) is 0 Å². The number of hydrogen-bond acceptors (Lipinski definition) is 0. The van der Waals surface area contributed by atoms with Crippen molar-refractivity contribution in [1.29, 1.82) is 0 Å². The number of alkyl halides is 1. The lowest BCUT2D eigenvalue weighted by Crippen LogP contribution is -1.89. The summed E-state index contributed by atoms with van der Waals surface area (Å²) in [7, 11) is 0. The highest BCUT2D eigenvalue weighted by molar-refractivity contribution is 14.1. The average Bonchev–Trinajstić information content (AvgIpc) is 2.76. The summed E-state index contributed by atoms with van der Waals surface area (Å²) in [4.78, 5) is 1.97. The zero-order valence-corrected chi connectivity index (χ0v) is 13.8. The van der Waals surface area contributed by atoms with E-state index in [1.165, 1.54) is 12.8 Å². The molecule has 0 amide bonds. The maximum atomic E-state index is 2.32. The Morgan fingerprint density at radius 2 is 1.19 bits per heavy atom. The van der Waals surface area contributed by atoms with Crippen LogP contribution >= 0.6 is 22.6 Å². The third-order valence-electron chi connectivity index (χ3n) is 2.26. The van der Waals surface area contributed by atoms with Gasteiger partial charge in [-0.05, 0) is 34.8 Å². The monoisotopic (exact) mass is 334 g/mol. The van der Waals surface area contributed by atoms with E-state index in [4.69, 9.17) is 0 Å². The van der Waals surface area contributed by atoms with Gasteiger partial charge in [0.25, 0.3) is 0 Å². The summed E-state index contributed by atoms with van der Waals surface area (Å²) in [6.45, 7) is 10.3. The van der Waals surface area contributed by atoms with Gasteiger partial charge in [-0.3, -0.25) is 0 Å². The van der Waals surface area contributed by atoms with Crippen molar-refractivity contribution in [2.45, 2.75) is 47.5 Å². The lowest BCUT2D eigenvalue weighted by molar-refractivity contribution is 0.628. The molecule has 0 spiro atoms. The molecular weight excluding hydrogens is 307 g/mol. The molecule has 1 aromatic rings. The van der Waals surface area contributed by atoms with Crippen LogP contribution in [0.2, 0.25) is 0 Å². The molecule has 0 N–H and O–H groups in total. The topological polar surface area (TPSA) is 0 Å². The van der Waals surface area contributed by atoms with Gasteiger partial charge in [0.1, 0.15) is 0 Å². The van der Waals surface area contributed by atoms with Crippen LogP contribution in [0, 0.1) is 5.92 Å². The molecule has 0 aliphatic heterocycles. The summed E-state index contributed by atoms with van der Waals surface area (Å²) in [6, 6.07) is 8.77. The van der Waals surface area contributed by atoms with Crippen molar-refractivity contribution in [1.82, 2.24) is 0 Å². The van der Waals surface area contributed by atoms with E-state index in [1.54, 1.807) is 11.1 Å². The van der Waals surface area contributed by atoms with Crippen LogP contribution in [-0.2, 0) is 12.8 Å². The Balaban J connectivity index is 0. The minimum absolute atomic E-state index is 0.873. The molecule has 0 saturated heterocycles. The minimum atomic E-state index is 0.873. The second-order valence-corrected chi connectivity index (χ2v) is 3.28. The Bertz CT molecular complexity index is 218. The molecular formula is C15H27I. The van der Waals surface area contributed by atoms with Crippen molar-refractivity contribution >= 4 is 22.6 Å². The average molecular weight is 334 g/mol. The molecule has 1 aromatic carbocycles. The normalized spacial score (nSPS) is 11.9. The first-order chi connectivity index (χ1) is 7.86. The van der Waals surface area contributed by atoms with Gasteiger partial charge in [-0.2, -0.15) is 0 Å². The third kappa shape index (κ3) is 6.51. The van der Waals surface area contributed by atoms with Crippen molar-refractivity contribution in [2.24, 2.45) is 5.92 Å². The molecule has 0 bridgehead atoms. The fraction of sp³-hybridized carbons (Fsp3) is 0.600. The fourth-order valence-electron chi connectivity index (χ4n) is 1.78. The summed E-state index contributed by atoms with van der Waals surface area (Å²) in [5.41, 5.74) is 3.13. The molecule has 0 aromatic heterocycles. The molecule has 0 nitrogen and oxygen atoms in total. The molecule has 16 heavy (non-hydrogen) atoms. The van der Waals surface area contributed by atoms with Crippen LogP contribution in [0.1, 0.15) is 45.7 Å². The smallest absolute Gasteiger partial charge is 0.0121 e. The van der Waals surface area contributed by atoms with Crippen LogP contribution in [0.25, 0.3) is 0 Å². The van der Waals surface area contributed by atoms with E-state index in [-0.39, 0.29) is 0 Å². The Morgan fingerprint density at radius 3 is 1.50 bits per heavy atom. The van der Waals surface area contributed by atoms with Crippen molar-refractivity contribution < 1.29 is 0 Å². The first-order valence-electron chi connectivity index (χ1n) is 6.31. The highest BCUT2D eigenvalue weighted by atomic mass is 127. The molecule has 0 atom stereocenters. The first kappa shape index (κ1) is 18.3. The molecule has 1 aliphatic rings. The summed E-state index contributed by atoms with van der Waals surface area (Å²) in [5.74, 6) is 0.873. The molecule has 0 unspecified atom stereocenters. The molecule has 2 rings (SSSR count). The predicted molar refractivity (Wildman–Crippen MR) is 85.7 cm³/mol. The van der Waals surface area contributed by atoms with E-state index in [0.717, 1.165) is 5.92 Å². The lowest BCUT2D eigenvalue weighted by Gasteiger charge is -1.93. The van der Waals surface area contributed by atoms with Gasteiger partial charge >= 0.3 is 0 Å². The molecule has 0 saturated carbocycles. The van der Waals surface area contributed by atoms with Crippen LogP contribution in [0.3, 0.4) is 0 Å². The van der Waals surface area contributed by atoms with E-state index in [0.29, 0.717) is 0 Å². The standard InChI is InChI=1S/C10H12.2C2H6.CH3I/c1-8-6-9-4-2-3-5-10(9)7-8;3*1-2/h2-5,8H,6-7H2,1H3;2*1-2H3;1H3. The van der Waals surface area contributed by atoms with Crippen LogP contribution in [0.5, 0.6) is 0 Å². The second kappa shape index (κ2) is 13.0. The van der Waals surface area contributed by atoms with E-state index >= 15 is 0 Å². The number of benzene rings is 1. The van der Waals surface area contributed by atoms with Crippen molar-refractivity contribution in [2.75, 3.05) is 4.93 Å². The van der Waals surface area contributed by atoms with Crippen LogP contribution < -0.4 is 0 Å². The molecule has 1 heteroatoms. The highest BCUT2D eigenvalue weighted by Crippen LogP contribution is 2.25. The number of halogens is 1. The van der Waals surface area contributed by atoms with Gasteiger partial charge in [0, 0.05) is 0 Å². The third-order valence-corrected chi connectivity index (χ3v) is 2.26. The number of rotatable bonds is 0. The number of fused-ring (bicyclic) bond motifs is 1. The Hall–Kier alpha value is -0.0500. The van der Waals surface area contributed by atoms with Crippen LogP contribution in [-0.4, -0.2) is 4.93 Å². The SMILES string of the molecule is CC.CC.CC1Cc2ccccc2C1.CI. The highest BCUT2D eigenvalue weighted by Gasteiger charge is 2.15. The maximum absolute atomic E-state index is 2.32. The minimum Gasteiger partial charge on any atom is -0.0901 e.